The molecule has 2 unspecified atom stereocenters. The highest BCUT2D eigenvalue weighted by Gasteiger charge is 2.50. The summed E-state index contributed by atoms with van der Waals surface area (Å²) in [6.45, 7) is 1.50. The van der Waals surface area contributed by atoms with Gasteiger partial charge in [0.1, 0.15) is 0 Å². The second-order valence-electron chi connectivity index (χ2n) is 5.00. The molecule has 0 aromatic carbocycles. The van der Waals surface area contributed by atoms with Crippen molar-refractivity contribution in [2.45, 2.75) is 44.0 Å². The van der Waals surface area contributed by atoms with E-state index >= 15 is 0 Å². The van der Waals surface area contributed by atoms with Gasteiger partial charge in [0.15, 0.2) is 5.79 Å². The molecule has 1 saturated heterocycles. The van der Waals surface area contributed by atoms with Crippen molar-refractivity contribution in [3.05, 3.63) is 0 Å². The highest BCUT2D eigenvalue weighted by molar-refractivity contribution is 4.95. The molecule has 1 N–H and O–H groups in total. The molecule has 0 amide bonds. The van der Waals surface area contributed by atoms with Crippen LogP contribution in [0.4, 0.5) is 0 Å². The molecule has 3 nitrogen and oxygen atoms in total. The Morgan fingerprint density at radius 2 is 1.71 bits per heavy atom. The minimum atomic E-state index is -0.251. The van der Waals surface area contributed by atoms with E-state index in [9.17, 15) is 5.11 Å². The van der Waals surface area contributed by atoms with Gasteiger partial charge < -0.3 is 14.6 Å². The van der Waals surface area contributed by atoms with Crippen LogP contribution in [0.2, 0.25) is 0 Å². The van der Waals surface area contributed by atoms with Gasteiger partial charge in [0.2, 0.25) is 0 Å². The zero-order chi connectivity index (χ0) is 9.60. The molecule has 0 bridgehead atoms. The van der Waals surface area contributed by atoms with Gasteiger partial charge in [0.25, 0.3) is 0 Å². The van der Waals surface area contributed by atoms with Gasteiger partial charge in [-0.3, -0.25) is 0 Å². The van der Waals surface area contributed by atoms with Gasteiger partial charge in [-0.15, -0.1) is 0 Å². The summed E-state index contributed by atoms with van der Waals surface area (Å²) in [4.78, 5) is 0. The van der Waals surface area contributed by atoms with Crippen LogP contribution < -0.4 is 0 Å². The van der Waals surface area contributed by atoms with Gasteiger partial charge in [0.05, 0.1) is 19.3 Å². The summed E-state index contributed by atoms with van der Waals surface area (Å²) in [5, 5.41) is 9.61. The van der Waals surface area contributed by atoms with Crippen molar-refractivity contribution in [2.24, 2.45) is 11.8 Å². The Bertz CT molecular complexity index is 223. The molecule has 3 fully saturated rings. The third-order valence-corrected chi connectivity index (χ3v) is 4.07. The minimum absolute atomic E-state index is 0.0761. The molecule has 2 aliphatic carbocycles. The zero-order valence-electron chi connectivity index (χ0n) is 8.45. The summed E-state index contributed by atoms with van der Waals surface area (Å²) < 4.78 is 11.4. The Hall–Kier alpha value is -0.120. The van der Waals surface area contributed by atoms with Crippen LogP contribution in [0.1, 0.15) is 32.1 Å². The van der Waals surface area contributed by atoms with E-state index in [1.54, 1.807) is 0 Å². The fourth-order valence-corrected chi connectivity index (χ4v) is 3.44. The van der Waals surface area contributed by atoms with Crippen LogP contribution >= 0.6 is 0 Å². The Kier molecular flexibility index (Phi) is 2.08. The summed E-state index contributed by atoms with van der Waals surface area (Å²) in [7, 11) is 0. The summed E-state index contributed by atoms with van der Waals surface area (Å²) in [5.74, 6) is 1.12. The van der Waals surface area contributed by atoms with Crippen molar-refractivity contribution in [1.29, 1.82) is 0 Å². The number of rotatable bonds is 0. The van der Waals surface area contributed by atoms with E-state index in [0.717, 1.165) is 51.2 Å². The summed E-state index contributed by atoms with van der Waals surface area (Å²) in [6, 6.07) is 0. The monoisotopic (exact) mass is 198 g/mol. The van der Waals surface area contributed by atoms with Crippen molar-refractivity contribution in [1.82, 2.24) is 0 Å². The average Bonchev–Trinajstić information content (AvgIpc) is 2.72. The molecule has 0 radical (unpaired) electrons. The maximum Gasteiger partial charge on any atom is 0.169 e. The van der Waals surface area contributed by atoms with Crippen LogP contribution in [0.3, 0.4) is 0 Å². The lowest BCUT2D eigenvalue weighted by Gasteiger charge is -2.27. The van der Waals surface area contributed by atoms with Gasteiger partial charge in [-0.1, -0.05) is 0 Å². The molecule has 3 rings (SSSR count). The van der Waals surface area contributed by atoms with Crippen LogP contribution in [0.15, 0.2) is 0 Å². The number of aliphatic hydroxyl groups excluding tert-OH is 1. The first-order chi connectivity index (χ1) is 6.77. The van der Waals surface area contributed by atoms with E-state index in [2.05, 4.69) is 0 Å². The Labute approximate surface area is 84.4 Å². The molecule has 14 heavy (non-hydrogen) atoms. The van der Waals surface area contributed by atoms with Crippen molar-refractivity contribution >= 4 is 0 Å². The van der Waals surface area contributed by atoms with Crippen LogP contribution in [0.5, 0.6) is 0 Å². The van der Waals surface area contributed by atoms with Crippen molar-refractivity contribution in [3.8, 4) is 0 Å². The fraction of sp³-hybridized carbons (Fsp3) is 1.00. The zero-order valence-corrected chi connectivity index (χ0v) is 8.45. The van der Waals surface area contributed by atoms with Gasteiger partial charge in [-0.25, -0.2) is 0 Å². The maximum absolute atomic E-state index is 9.61. The highest BCUT2D eigenvalue weighted by Crippen LogP contribution is 2.50. The van der Waals surface area contributed by atoms with Crippen molar-refractivity contribution in [3.63, 3.8) is 0 Å². The third kappa shape index (κ3) is 1.38. The van der Waals surface area contributed by atoms with Crippen molar-refractivity contribution in [2.75, 3.05) is 13.2 Å². The SMILES string of the molecule is OC1CCC2CC3(C[C@@H]2C1)OCCO3. The Morgan fingerprint density at radius 3 is 2.50 bits per heavy atom. The van der Waals surface area contributed by atoms with E-state index in [0.29, 0.717) is 5.92 Å². The standard InChI is InChI=1S/C11H18O3/c12-10-2-1-8-6-11(7-9(8)5-10)13-3-4-14-11/h8-10,12H,1-7H2/t8?,9-,10?/m0/s1. The van der Waals surface area contributed by atoms with Gasteiger partial charge in [0, 0.05) is 12.8 Å². The third-order valence-electron chi connectivity index (χ3n) is 4.07. The molecule has 1 spiro atoms. The predicted octanol–water partition coefficient (Wildman–Crippen LogP) is 1.30. The number of hydrogen-bond acceptors (Lipinski definition) is 3. The largest absolute Gasteiger partial charge is 0.393 e. The lowest BCUT2D eigenvalue weighted by Crippen LogP contribution is -2.26. The summed E-state index contributed by atoms with van der Waals surface area (Å²) >= 11 is 0. The second kappa shape index (κ2) is 3.19. The van der Waals surface area contributed by atoms with Gasteiger partial charge >= 0.3 is 0 Å². The quantitative estimate of drug-likeness (QED) is 0.637. The molecule has 80 valence electrons. The number of hydrogen-bond donors (Lipinski definition) is 1. The molecule has 0 aromatic heterocycles. The highest BCUT2D eigenvalue weighted by atomic mass is 16.7. The molecule has 3 atom stereocenters. The first kappa shape index (κ1) is 9.13. The number of aliphatic hydroxyl groups is 1. The number of ether oxygens (including phenoxy) is 2. The Balaban J connectivity index is 1.72. The first-order valence-corrected chi connectivity index (χ1v) is 5.73. The van der Waals surface area contributed by atoms with E-state index in [1.165, 1.54) is 0 Å². The van der Waals surface area contributed by atoms with Gasteiger partial charge in [-0.2, -0.15) is 0 Å². The molecular weight excluding hydrogens is 180 g/mol. The second-order valence-corrected chi connectivity index (χ2v) is 5.00. The van der Waals surface area contributed by atoms with E-state index in [1.807, 2.05) is 0 Å². The molecule has 3 heteroatoms. The summed E-state index contributed by atoms with van der Waals surface area (Å²) in [6.07, 6.45) is 5.07. The lowest BCUT2D eigenvalue weighted by molar-refractivity contribution is -0.154. The average molecular weight is 198 g/mol. The topological polar surface area (TPSA) is 38.7 Å². The number of fused-ring (bicyclic) bond motifs is 1. The molecule has 2 saturated carbocycles. The Morgan fingerprint density at radius 1 is 1.00 bits per heavy atom. The molecular formula is C11H18O3. The van der Waals surface area contributed by atoms with Crippen LogP contribution in [-0.4, -0.2) is 30.2 Å². The summed E-state index contributed by atoms with van der Waals surface area (Å²) in [5.41, 5.74) is 0. The smallest absolute Gasteiger partial charge is 0.169 e. The van der Waals surface area contributed by atoms with E-state index in [-0.39, 0.29) is 11.9 Å². The van der Waals surface area contributed by atoms with E-state index in [4.69, 9.17) is 9.47 Å². The molecule has 1 heterocycles. The lowest BCUT2D eigenvalue weighted by atomic mass is 9.80. The normalized spacial score (nSPS) is 45.6. The maximum atomic E-state index is 9.61. The van der Waals surface area contributed by atoms with Crippen LogP contribution in [0, 0.1) is 11.8 Å². The fourth-order valence-electron chi connectivity index (χ4n) is 3.44. The molecule has 1 aliphatic heterocycles. The molecule has 3 aliphatic rings. The molecule has 0 aromatic rings. The minimum Gasteiger partial charge on any atom is -0.393 e. The predicted molar refractivity (Wildman–Crippen MR) is 50.7 cm³/mol. The van der Waals surface area contributed by atoms with Crippen LogP contribution in [0.25, 0.3) is 0 Å². The van der Waals surface area contributed by atoms with Gasteiger partial charge in [-0.05, 0) is 31.1 Å². The first-order valence-electron chi connectivity index (χ1n) is 5.73. The van der Waals surface area contributed by atoms with Crippen LogP contribution in [-0.2, 0) is 9.47 Å². The van der Waals surface area contributed by atoms with E-state index < -0.39 is 0 Å². The van der Waals surface area contributed by atoms with Crippen molar-refractivity contribution < 1.29 is 14.6 Å².